The molecule has 2 unspecified atom stereocenters. The summed E-state index contributed by atoms with van der Waals surface area (Å²) in [6.45, 7) is 6.35. The number of hydrogen-bond donors (Lipinski definition) is 1. The van der Waals surface area contributed by atoms with Gasteiger partial charge in [0.05, 0.1) is 9.40 Å². The predicted octanol–water partition coefficient (Wildman–Crippen LogP) is 3.99. The molecule has 5 nitrogen and oxygen atoms in total. The maximum atomic E-state index is 10.9. The summed E-state index contributed by atoms with van der Waals surface area (Å²) in [4.78, 5) is 14.3. The van der Waals surface area contributed by atoms with Crippen molar-refractivity contribution in [3.63, 3.8) is 0 Å². The molecule has 0 bridgehead atoms. The van der Waals surface area contributed by atoms with E-state index in [0.29, 0.717) is 16.1 Å². The van der Waals surface area contributed by atoms with E-state index in [4.69, 9.17) is 0 Å². The highest BCUT2D eigenvalue weighted by Crippen LogP contribution is 2.32. The summed E-state index contributed by atoms with van der Waals surface area (Å²) in [6, 6.07) is 0.178. The maximum absolute atomic E-state index is 10.9. The van der Waals surface area contributed by atoms with Gasteiger partial charge in [-0.25, -0.2) is 0 Å². The number of pyridine rings is 1. The van der Waals surface area contributed by atoms with Gasteiger partial charge in [0, 0.05) is 12.2 Å². The summed E-state index contributed by atoms with van der Waals surface area (Å²) in [5.74, 6) is 0.590. The van der Waals surface area contributed by atoms with Crippen molar-refractivity contribution in [3.05, 3.63) is 27.0 Å². The number of nitro groups is 1. The van der Waals surface area contributed by atoms with Crippen LogP contribution in [0.5, 0.6) is 0 Å². The highest BCUT2D eigenvalue weighted by molar-refractivity contribution is 9.10. The van der Waals surface area contributed by atoms with Gasteiger partial charge in [-0.15, -0.1) is 0 Å². The Morgan fingerprint density at radius 1 is 1.50 bits per heavy atom. The van der Waals surface area contributed by atoms with Crippen LogP contribution in [0.15, 0.2) is 16.9 Å². The van der Waals surface area contributed by atoms with E-state index < -0.39 is 4.92 Å². The van der Waals surface area contributed by atoms with Crippen molar-refractivity contribution in [3.8, 4) is 0 Å². The third kappa shape index (κ3) is 3.94. The summed E-state index contributed by atoms with van der Waals surface area (Å²) < 4.78 is 0.618. The first kappa shape index (κ1) is 14.9. The van der Waals surface area contributed by atoms with E-state index in [1.807, 2.05) is 6.92 Å². The zero-order valence-electron chi connectivity index (χ0n) is 10.8. The van der Waals surface area contributed by atoms with Crippen molar-refractivity contribution in [2.45, 2.75) is 39.7 Å². The molecule has 0 radical (unpaired) electrons. The van der Waals surface area contributed by atoms with Crippen molar-refractivity contribution in [1.82, 2.24) is 4.98 Å². The molecule has 0 fully saturated rings. The molecule has 6 heteroatoms. The van der Waals surface area contributed by atoms with Crippen LogP contribution in [0.2, 0.25) is 0 Å². The van der Waals surface area contributed by atoms with Gasteiger partial charge in [0.1, 0.15) is 11.9 Å². The average Bonchev–Trinajstić information content (AvgIpc) is 2.31. The molecule has 0 saturated carbocycles. The topological polar surface area (TPSA) is 68.1 Å². The maximum Gasteiger partial charge on any atom is 0.311 e. The third-order valence-electron chi connectivity index (χ3n) is 2.92. The molecule has 0 aliphatic rings. The Bertz CT molecular complexity index is 426. The lowest BCUT2D eigenvalue weighted by Crippen LogP contribution is -2.19. The number of aromatic nitrogens is 1. The van der Waals surface area contributed by atoms with Crippen molar-refractivity contribution < 1.29 is 4.92 Å². The molecule has 100 valence electrons. The molecule has 0 aliphatic carbocycles. The van der Waals surface area contributed by atoms with E-state index in [1.165, 1.54) is 6.20 Å². The van der Waals surface area contributed by atoms with Gasteiger partial charge in [-0.3, -0.25) is 15.1 Å². The summed E-state index contributed by atoms with van der Waals surface area (Å²) in [6.07, 6.45) is 4.91. The second-order valence-electron chi connectivity index (χ2n) is 4.57. The number of rotatable bonds is 6. The van der Waals surface area contributed by atoms with Gasteiger partial charge >= 0.3 is 5.69 Å². The van der Waals surface area contributed by atoms with Crippen molar-refractivity contribution in [2.75, 3.05) is 5.32 Å². The zero-order chi connectivity index (χ0) is 13.7. The molecule has 0 saturated heterocycles. The zero-order valence-corrected chi connectivity index (χ0v) is 12.4. The summed E-state index contributed by atoms with van der Waals surface area (Å²) >= 11 is 3.30. The van der Waals surface area contributed by atoms with Crippen LogP contribution in [0.1, 0.15) is 33.6 Å². The second-order valence-corrected chi connectivity index (χ2v) is 5.42. The molecule has 1 N–H and O–H groups in total. The molecule has 2 atom stereocenters. The van der Waals surface area contributed by atoms with E-state index in [9.17, 15) is 10.1 Å². The molecule has 1 aromatic rings. The Labute approximate surface area is 115 Å². The fourth-order valence-corrected chi connectivity index (χ4v) is 2.22. The normalized spacial score (nSPS) is 14.0. The first-order valence-corrected chi connectivity index (χ1v) is 6.79. The van der Waals surface area contributed by atoms with Crippen LogP contribution in [-0.4, -0.2) is 15.9 Å². The molecular formula is C12H18BrN3O2. The summed E-state index contributed by atoms with van der Waals surface area (Å²) in [7, 11) is 0. The number of nitrogens with one attached hydrogen (secondary N) is 1. The lowest BCUT2D eigenvalue weighted by molar-refractivity contribution is -0.384. The quantitative estimate of drug-likeness (QED) is 0.636. The van der Waals surface area contributed by atoms with Gasteiger partial charge in [0.25, 0.3) is 0 Å². The van der Waals surface area contributed by atoms with E-state index in [0.717, 1.165) is 12.8 Å². The van der Waals surface area contributed by atoms with Crippen LogP contribution in [-0.2, 0) is 0 Å². The van der Waals surface area contributed by atoms with E-state index in [2.05, 4.69) is 40.1 Å². The lowest BCUT2D eigenvalue weighted by Gasteiger charge is -2.19. The van der Waals surface area contributed by atoms with Crippen molar-refractivity contribution >= 4 is 27.3 Å². The first-order chi connectivity index (χ1) is 8.45. The van der Waals surface area contributed by atoms with Crippen LogP contribution in [0, 0.1) is 16.0 Å². The average molecular weight is 316 g/mol. The molecule has 1 heterocycles. The van der Waals surface area contributed by atoms with Crippen molar-refractivity contribution in [1.29, 1.82) is 0 Å². The molecule has 0 amide bonds. The number of halogens is 1. The van der Waals surface area contributed by atoms with Crippen molar-refractivity contribution in [2.24, 2.45) is 5.92 Å². The van der Waals surface area contributed by atoms with Crippen LogP contribution in [0.25, 0.3) is 0 Å². The SMILES string of the molecule is CCC(C)CC(C)Nc1c(Br)cncc1[N+](=O)[O-]. The van der Waals surface area contributed by atoms with Gasteiger partial charge in [-0.1, -0.05) is 20.3 Å². The van der Waals surface area contributed by atoms with Gasteiger partial charge in [0.15, 0.2) is 0 Å². The molecular weight excluding hydrogens is 298 g/mol. The Morgan fingerprint density at radius 2 is 2.17 bits per heavy atom. The minimum atomic E-state index is -0.421. The fourth-order valence-electron chi connectivity index (χ4n) is 1.78. The molecule has 18 heavy (non-hydrogen) atoms. The molecule has 1 rings (SSSR count). The number of nitrogens with zero attached hydrogens (tertiary/aromatic N) is 2. The van der Waals surface area contributed by atoms with Crippen LogP contribution in [0.4, 0.5) is 11.4 Å². The first-order valence-electron chi connectivity index (χ1n) is 6.00. The van der Waals surface area contributed by atoms with E-state index in [1.54, 1.807) is 6.20 Å². The Morgan fingerprint density at radius 3 is 2.72 bits per heavy atom. The summed E-state index contributed by atoms with van der Waals surface area (Å²) in [5.41, 5.74) is 0.506. The number of hydrogen-bond acceptors (Lipinski definition) is 4. The minimum Gasteiger partial charge on any atom is -0.376 e. The molecule has 0 aliphatic heterocycles. The van der Waals surface area contributed by atoms with Gasteiger partial charge in [-0.2, -0.15) is 0 Å². The summed E-state index contributed by atoms with van der Waals surface area (Å²) in [5, 5.41) is 14.1. The van der Waals surface area contributed by atoms with Gasteiger partial charge in [0.2, 0.25) is 0 Å². The Hall–Kier alpha value is -1.17. The highest BCUT2D eigenvalue weighted by atomic mass is 79.9. The molecule has 0 aromatic carbocycles. The Balaban J connectivity index is 2.86. The molecule has 0 spiro atoms. The lowest BCUT2D eigenvalue weighted by atomic mass is 10.0. The highest BCUT2D eigenvalue weighted by Gasteiger charge is 2.19. The van der Waals surface area contributed by atoms with Crippen LogP contribution < -0.4 is 5.32 Å². The van der Waals surface area contributed by atoms with Crippen LogP contribution in [0.3, 0.4) is 0 Å². The number of anilines is 1. The predicted molar refractivity (Wildman–Crippen MR) is 75.7 cm³/mol. The van der Waals surface area contributed by atoms with E-state index >= 15 is 0 Å². The standard InChI is InChI=1S/C12H18BrN3O2/c1-4-8(2)5-9(3)15-12-10(13)6-14-7-11(12)16(17)18/h6-9H,4-5H2,1-3H3,(H,14,15). The fraction of sp³-hybridized carbons (Fsp3) is 0.583. The van der Waals surface area contributed by atoms with Gasteiger partial charge < -0.3 is 5.32 Å². The monoisotopic (exact) mass is 315 g/mol. The largest absolute Gasteiger partial charge is 0.376 e. The second kappa shape index (κ2) is 6.68. The van der Waals surface area contributed by atoms with Gasteiger partial charge in [-0.05, 0) is 35.2 Å². The smallest absolute Gasteiger partial charge is 0.311 e. The molecule has 1 aromatic heterocycles. The van der Waals surface area contributed by atoms with E-state index in [-0.39, 0.29) is 11.7 Å². The Kier molecular flexibility index (Phi) is 5.53. The van der Waals surface area contributed by atoms with Crippen LogP contribution >= 0.6 is 15.9 Å². The minimum absolute atomic E-state index is 0.000349. The third-order valence-corrected chi connectivity index (χ3v) is 3.52.